The quantitative estimate of drug-likeness (QED) is 0.797. The van der Waals surface area contributed by atoms with E-state index in [1.54, 1.807) is 37.6 Å². The van der Waals surface area contributed by atoms with E-state index in [0.29, 0.717) is 12.1 Å². The van der Waals surface area contributed by atoms with Crippen molar-refractivity contribution >= 4 is 17.6 Å². The van der Waals surface area contributed by atoms with Gasteiger partial charge in [0.05, 0.1) is 24.1 Å². The second-order valence-corrected chi connectivity index (χ2v) is 4.87. The van der Waals surface area contributed by atoms with E-state index >= 15 is 0 Å². The van der Waals surface area contributed by atoms with E-state index in [2.05, 4.69) is 15.8 Å². The average Bonchev–Trinajstić information content (AvgIpc) is 3.05. The summed E-state index contributed by atoms with van der Waals surface area (Å²) in [5.74, 6) is -0.950. The van der Waals surface area contributed by atoms with Gasteiger partial charge in [-0.15, -0.1) is 0 Å². The molecule has 2 rings (SSSR count). The molecule has 1 aromatic carbocycles. The number of imidazole rings is 1. The van der Waals surface area contributed by atoms with Crippen LogP contribution in [0.15, 0.2) is 36.8 Å². The molecular formula is C16H20N4O3. The van der Waals surface area contributed by atoms with E-state index in [1.807, 2.05) is 17.6 Å². The van der Waals surface area contributed by atoms with Crippen LogP contribution in [0.5, 0.6) is 0 Å². The molecule has 2 N–H and O–H groups in total. The number of aryl methyl sites for hydroxylation is 1. The fraction of sp³-hybridized carbons (Fsp3) is 0.312. The van der Waals surface area contributed by atoms with Gasteiger partial charge in [0.15, 0.2) is 0 Å². The molecule has 1 aromatic heterocycles. The Labute approximate surface area is 134 Å². The number of aromatic nitrogens is 2. The Balaban J connectivity index is 1.96. The highest BCUT2D eigenvalue weighted by molar-refractivity contribution is 5.91. The number of carbonyl (C=O) groups is 2. The van der Waals surface area contributed by atoms with Gasteiger partial charge in [-0.2, -0.15) is 5.48 Å². The number of carbonyl (C=O) groups excluding carboxylic acids is 2. The van der Waals surface area contributed by atoms with Crippen LogP contribution in [0.1, 0.15) is 36.3 Å². The molecular weight excluding hydrogens is 296 g/mol. The van der Waals surface area contributed by atoms with Gasteiger partial charge in [-0.05, 0) is 25.1 Å². The van der Waals surface area contributed by atoms with Gasteiger partial charge in [0.2, 0.25) is 0 Å². The summed E-state index contributed by atoms with van der Waals surface area (Å²) in [6, 6.07) is 6.90. The third-order valence-electron chi connectivity index (χ3n) is 3.29. The molecule has 0 aliphatic heterocycles. The van der Waals surface area contributed by atoms with E-state index in [4.69, 9.17) is 4.84 Å². The Bertz CT molecular complexity index is 681. The molecule has 0 spiro atoms. The maximum absolute atomic E-state index is 11.9. The summed E-state index contributed by atoms with van der Waals surface area (Å²) in [4.78, 5) is 31.8. The Morgan fingerprint density at radius 2 is 2.13 bits per heavy atom. The zero-order valence-electron chi connectivity index (χ0n) is 13.2. The van der Waals surface area contributed by atoms with Crippen LogP contribution in [-0.4, -0.2) is 21.4 Å². The van der Waals surface area contributed by atoms with Crippen molar-refractivity contribution in [2.75, 3.05) is 5.32 Å². The second-order valence-electron chi connectivity index (χ2n) is 4.87. The van der Waals surface area contributed by atoms with Gasteiger partial charge in [0, 0.05) is 24.8 Å². The first-order chi connectivity index (χ1) is 11.1. The lowest BCUT2D eigenvalue weighted by Crippen LogP contribution is -2.26. The SMILES string of the molecule is CCC(=O)NOC(=O)c1cccc(NCc2cncn2CC)c1. The molecule has 1 heterocycles. The summed E-state index contributed by atoms with van der Waals surface area (Å²) in [7, 11) is 0. The van der Waals surface area contributed by atoms with Crippen LogP contribution < -0.4 is 10.8 Å². The summed E-state index contributed by atoms with van der Waals surface area (Å²) in [5.41, 5.74) is 4.29. The number of hydrogen-bond donors (Lipinski definition) is 2. The normalized spacial score (nSPS) is 10.2. The first-order valence-corrected chi connectivity index (χ1v) is 7.47. The standard InChI is InChI=1S/C16H20N4O3/c1-3-15(21)19-23-16(22)12-6-5-7-13(8-12)18-10-14-9-17-11-20(14)4-2/h5-9,11,18H,3-4,10H2,1-2H3,(H,19,21). The molecule has 0 saturated carbocycles. The highest BCUT2D eigenvalue weighted by Crippen LogP contribution is 2.13. The Morgan fingerprint density at radius 3 is 2.87 bits per heavy atom. The van der Waals surface area contributed by atoms with Crippen molar-refractivity contribution in [1.29, 1.82) is 0 Å². The van der Waals surface area contributed by atoms with Crippen molar-refractivity contribution in [1.82, 2.24) is 15.0 Å². The van der Waals surface area contributed by atoms with Gasteiger partial charge in [-0.1, -0.05) is 13.0 Å². The van der Waals surface area contributed by atoms with E-state index in [1.165, 1.54) is 0 Å². The van der Waals surface area contributed by atoms with Gasteiger partial charge in [-0.3, -0.25) is 4.79 Å². The molecule has 0 aliphatic rings. The predicted octanol–water partition coefficient (Wildman–Crippen LogP) is 2.11. The maximum atomic E-state index is 11.9. The number of amides is 1. The van der Waals surface area contributed by atoms with Gasteiger partial charge < -0.3 is 14.7 Å². The summed E-state index contributed by atoms with van der Waals surface area (Å²) < 4.78 is 2.03. The summed E-state index contributed by atoms with van der Waals surface area (Å²) in [5, 5.41) is 3.24. The fourth-order valence-electron chi connectivity index (χ4n) is 1.96. The lowest BCUT2D eigenvalue weighted by Gasteiger charge is -2.10. The minimum Gasteiger partial charge on any atom is -0.379 e. The molecule has 122 valence electrons. The van der Waals surface area contributed by atoms with Gasteiger partial charge >= 0.3 is 5.97 Å². The monoisotopic (exact) mass is 316 g/mol. The number of nitrogens with one attached hydrogen (secondary N) is 2. The third kappa shape index (κ3) is 4.57. The first-order valence-electron chi connectivity index (χ1n) is 7.47. The first kappa shape index (κ1) is 16.5. The van der Waals surface area contributed by atoms with E-state index in [-0.39, 0.29) is 12.3 Å². The molecule has 2 aromatic rings. The number of rotatable bonds is 6. The van der Waals surface area contributed by atoms with Crippen molar-refractivity contribution in [3.63, 3.8) is 0 Å². The smallest absolute Gasteiger partial charge is 0.363 e. The molecule has 0 aliphatic carbocycles. The second kappa shape index (κ2) is 7.98. The molecule has 0 bridgehead atoms. The Kier molecular flexibility index (Phi) is 5.74. The minimum atomic E-state index is -0.603. The minimum absolute atomic E-state index is 0.250. The van der Waals surface area contributed by atoms with E-state index in [0.717, 1.165) is 17.9 Å². The average molecular weight is 316 g/mol. The van der Waals surface area contributed by atoms with Crippen LogP contribution in [0.4, 0.5) is 5.69 Å². The topological polar surface area (TPSA) is 85.2 Å². The van der Waals surface area contributed by atoms with Crippen LogP contribution in [0.2, 0.25) is 0 Å². The van der Waals surface area contributed by atoms with E-state index in [9.17, 15) is 9.59 Å². The summed E-state index contributed by atoms with van der Waals surface area (Å²) >= 11 is 0. The molecule has 7 heteroatoms. The number of anilines is 1. The highest BCUT2D eigenvalue weighted by Gasteiger charge is 2.10. The molecule has 1 amide bonds. The Morgan fingerprint density at radius 1 is 1.30 bits per heavy atom. The molecule has 0 fully saturated rings. The molecule has 7 nitrogen and oxygen atoms in total. The van der Waals surface area contributed by atoms with Gasteiger partial charge in [0.25, 0.3) is 5.91 Å². The lowest BCUT2D eigenvalue weighted by atomic mass is 10.2. The van der Waals surface area contributed by atoms with Crippen LogP contribution in [0, 0.1) is 0 Å². The van der Waals surface area contributed by atoms with Crippen molar-refractivity contribution < 1.29 is 14.4 Å². The zero-order valence-corrected chi connectivity index (χ0v) is 13.2. The largest absolute Gasteiger partial charge is 0.379 e. The van der Waals surface area contributed by atoms with Crippen molar-refractivity contribution in [2.45, 2.75) is 33.4 Å². The molecule has 0 unspecified atom stereocenters. The van der Waals surface area contributed by atoms with Crippen LogP contribution in [0.3, 0.4) is 0 Å². The van der Waals surface area contributed by atoms with Crippen LogP contribution >= 0.6 is 0 Å². The van der Waals surface area contributed by atoms with Crippen LogP contribution in [0.25, 0.3) is 0 Å². The predicted molar refractivity (Wildman–Crippen MR) is 85.5 cm³/mol. The highest BCUT2D eigenvalue weighted by atomic mass is 16.7. The van der Waals surface area contributed by atoms with Crippen molar-refractivity contribution in [2.24, 2.45) is 0 Å². The van der Waals surface area contributed by atoms with Gasteiger partial charge in [0.1, 0.15) is 0 Å². The number of nitrogens with zero attached hydrogens (tertiary/aromatic N) is 2. The number of benzene rings is 1. The fourth-order valence-corrected chi connectivity index (χ4v) is 1.96. The van der Waals surface area contributed by atoms with Crippen LogP contribution in [-0.2, 0) is 22.7 Å². The lowest BCUT2D eigenvalue weighted by molar-refractivity contribution is -0.129. The molecule has 0 radical (unpaired) electrons. The maximum Gasteiger partial charge on any atom is 0.363 e. The van der Waals surface area contributed by atoms with E-state index < -0.39 is 5.97 Å². The van der Waals surface area contributed by atoms with Gasteiger partial charge in [-0.25, -0.2) is 9.78 Å². The molecule has 0 saturated heterocycles. The molecule has 23 heavy (non-hydrogen) atoms. The third-order valence-corrected chi connectivity index (χ3v) is 3.29. The summed E-state index contributed by atoms with van der Waals surface area (Å²) in [6.45, 7) is 5.17. The number of hydroxylamine groups is 1. The summed E-state index contributed by atoms with van der Waals surface area (Å²) in [6.07, 6.45) is 3.83. The molecule has 0 atom stereocenters. The van der Waals surface area contributed by atoms with Crippen molar-refractivity contribution in [3.05, 3.63) is 48.0 Å². The zero-order chi connectivity index (χ0) is 16.7. The Hall–Kier alpha value is -2.83. The van der Waals surface area contributed by atoms with Crippen molar-refractivity contribution in [3.8, 4) is 0 Å². The number of hydrogen-bond acceptors (Lipinski definition) is 5.